The molecule has 1 aliphatic rings. The van der Waals surface area contributed by atoms with E-state index in [-0.39, 0.29) is 5.56 Å². The molecule has 0 spiro atoms. The van der Waals surface area contributed by atoms with Crippen LogP contribution in [-0.4, -0.2) is 50.8 Å². The van der Waals surface area contributed by atoms with Gasteiger partial charge in [0.05, 0.1) is 22.9 Å². The van der Waals surface area contributed by atoms with Gasteiger partial charge in [-0.15, -0.1) is 0 Å². The summed E-state index contributed by atoms with van der Waals surface area (Å²) in [6.07, 6.45) is 1.86. The zero-order valence-corrected chi connectivity index (χ0v) is 17.7. The Morgan fingerprint density at radius 2 is 1.97 bits per heavy atom. The number of hydrogen-bond donors (Lipinski definition) is 1. The van der Waals surface area contributed by atoms with Gasteiger partial charge in [-0.25, -0.2) is 4.98 Å². The van der Waals surface area contributed by atoms with Gasteiger partial charge in [0.15, 0.2) is 0 Å². The standard InChI is InChI=1S/C21H21BrN6O/c1-26-16-5-6-18(22)24-21(16)17(11-19(26)29)28-9-7-27(8-10-28)13-15-4-2-3-14-12-23-25-20(14)15/h2-6,11-12H,7-10,13H2,1H3,(H,23,25). The molecule has 0 amide bonds. The SMILES string of the molecule is Cn1c(=O)cc(N2CCN(Cc3cccc4cn[nH]c34)CC2)c2nc(Br)ccc21. The Morgan fingerprint density at radius 1 is 1.14 bits per heavy atom. The van der Waals surface area contributed by atoms with Crippen molar-refractivity contribution in [1.29, 1.82) is 0 Å². The number of nitrogens with one attached hydrogen (secondary N) is 1. The predicted molar refractivity (Wildman–Crippen MR) is 118 cm³/mol. The number of benzene rings is 1. The molecule has 0 atom stereocenters. The van der Waals surface area contributed by atoms with E-state index in [1.54, 1.807) is 17.7 Å². The average Bonchev–Trinajstić information content (AvgIpc) is 3.21. The first-order valence-electron chi connectivity index (χ1n) is 9.65. The third kappa shape index (κ3) is 3.32. The molecule has 3 aromatic heterocycles. The normalized spacial score (nSPS) is 15.4. The molecule has 1 N–H and O–H groups in total. The highest BCUT2D eigenvalue weighted by molar-refractivity contribution is 9.10. The highest BCUT2D eigenvalue weighted by Gasteiger charge is 2.21. The number of piperazine rings is 1. The number of rotatable bonds is 3. The fourth-order valence-corrected chi connectivity index (χ4v) is 4.39. The van der Waals surface area contributed by atoms with E-state index >= 15 is 0 Å². The van der Waals surface area contributed by atoms with E-state index in [9.17, 15) is 4.79 Å². The summed E-state index contributed by atoms with van der Waals surface area (Å²) in [6.45, 7) is 4.45. The molecule has 0 bridgehead atoms. The fraction of sp³-hybridized carbons (Fsp3) is 0.286. The van der Waals surface area contributed by atoms with Gasteiger partial charge >= 0.3 is 0 Å². The van der Waals surface area contributed by atoms with Crippen molar-refractivity contribution in [3.63, 3.8) is 0 Å². The molecular weight excluding hydrogens is 432 g/mol. The maximum atomic E-state index is 12.5. The third-order valence-corrected chi connectivity index (χ3v) is 6.15. The number of pyridine rings is 2. The van der Waals surface area contributed by atoms with Crippen molar-refractivity contribution in [2.24, 2.45) is 7.05 Å². The van der Waals surface area contributed by atoms with Gasteiger partial charge in [0.25, 0.3) is 5.56 Å². The molecule has 4 aromatic rings. The lowest BCUT2D eigenvalue weighted by molar-refractivity contribution is 0.250. The first kappa shape index (κ1) is 18.3. The quantitative estimate of drug-likeness (QED) is 0.484. The monoisotopic (exact) mass is 452 g/mol. The first-order valence-corrected chi connectivity index (χ1v) is 10.4. The lowest BCUT2D eigenvalue weighted by Crippen LogP contribution is -2.46. The minimum atomic E-state index is -0.00928. The molecule has 0 unspecified atom stereocenters. The van der Waals surface area contributed by atoms with Gasteiger partial charge < -0.3 is 9.47 Å². The first-order chi connectivity index (χ1) is 14.1. The molecule has 29 heavy (non-hydrogen) atoms. The van der Waals surface area contributed by atoms with E-state index < -0.39 is 0 Å². The van der Waals surface area contributed by atoms with Crippen LogP contribution in [-0.2, 0) is 13.6 Å². The highest BCUT2D eigenvalue weighted by atomic mass is 79.9. The molecule has 1 saturated heterocycles. The van der Waals surface area contributed by atoms with E-state index in [2.05, 4.69) is 59.1 Å². The van der Waals surface area contributed by atoms with Crippen LogP contribution in [0.5, 0.6) is 0 Å². The van der Waals surface area contributed by atoms with Crippen LogP contribution in [0.1, 0.15) is 5.56 Å². The van der Waals surface area contributed by atoms with Gasteiger partial charge in [0, 0.05) is 51.2 Å². The highest BCUT2D eigenvalue weighted by Crippen LogP contribution is 2.26. The summed E-state index contributed by atoms with van der Waals surface area (Å²) in [5, 5.41) is 8.42. The van der Waals surface area contributed by atoms with Crippen LogP contribution in [0.2, 0.25) is 0 Å². The molecule has 1 fully saturated rings. The maximum Gasteiger partial charge on any atom is 0.252 e. The zero-order chi connectivity index (χ0) is 20.0. The van der Waals surface area contributed by atoms with E-state index in [0.29, 0.717) is 0 Å². The number of fused-ring (bicyclic) bond motifs is 2. The van der Waals surface area contributed by atoms with Gasteiger partial charge in [-0.05, 0) is 33.6 Å². The number of para-hydroxylation sites is 1. The van der Waals surface area contributed by atoms with E-state index in [1.807, 2.05) is 18.3 Å². The van der Waals surface area contributed by atoms with Crippen molar-refractivity contribution in [2.75, 3.05) is 31.1 Å². The number of aromatic amines is 1. The van der Waals surface area contributed by atoms with Crippen molar-refractivity contribution in [3.05, 3.63) is 63.1 Å². The zero-order valence-electron chi connectivity index (χ0n) is 16.1. The smallest absolute Gasteiger partial charge is 0.252 e. The van der Waals surface area contributed by atoms with Crippen molar-refractivity contribution in [2.45, 2.75) is 6.54 Å². The van der Waals surface area contributed by atoms with Crippen LogP contribution in [0, 0.1) is 0 Å². The van der Waals surface area contributed by atoms with E-state index in [4.69, 9.17) is 0 Å². The Kier molecular flexibility index (Phi) is 4.60. The van der Waals surface area contributed by atoms with E-state index in [1.165, 1.54) is 5.56 Å². The number of aromatic nitrogens is 4. The Labute approximate surface area is 176 Å². The number of anilines is 1. The number of aryl methyl sites for hydroxylation is 1. The predicted octanol–water partition coefficient (Wildman–Crippen LogP) is 2.89. The van der Waals surface area contributed by atoms with Crippen LogP contribution >= 0.6 is 15.9 Å². The molecule has 0 aliphatic carbocycles. The molecule has 8 heteroatoms. The van der Waals surface area contributed by atoms with Gasteiger partial charge in [-0.3, -0.25) is 14.8 Å². The van der Waals surface area contributed by atoms with Crippen LogP contribution in [0.4, 0.5) is 5.69 Å². The van der Waals surface area contributed by atoms with Crippen molar-refractivity contribution in [1.82, 2.24) is 24.6 Å². The fourth-order valence-electron chi connectivity index (χ4n) is 4.08. The molecule has 1 aromatic carbocycles. The van der Waals surface area contributed by atoms with Gasteiger partial charge in [-0.1, -0.05) is 18.2 Å². The van der Waals surface area contributed by atoms with Crippen LogP contribution in [0.3, 0.4) is 0 Å². The second-order valence-corrected chi connectivity index (χ2v) is 8.26. The lowest BCUT2D eigenvalue weighted by atomic mass is 10.1. The van der Waals surface area contributed by atoms with E-state index in [0.717, 1.165) is 65.0 Å². The second-order valence-electron chi connectivity index (χ2n) is 7.44. The Bertz CT molecular complexity index is 1260. The summed E-state index contributed by atoms with van der Waals surface area (Å²) < 4.78 is 2.43. The number of nitrogens with zero attached hydrogens (tertiary/aromatic N) is 5. The maximum absolute atomic E-state index is 12.5. The number of hydrogen-bond acceptors (Lipinski definition) is 5. The Hall–Kier alpha value is -2.71. The minimum Gasteiger partial charge on any atom is -0.367 e. The summed E-state index contributed by atoms with van der Waals surface area (Å²) >= 11 is 3.46. The number of H-pyrrole nitrogens is 1. The van der Waals surface area contributed by atoms with Gasteiger partial charge in [0.2, 0.25) is 0 Å². The summed E-state index contributed by atoms with van der Waals surface area (Å²) in [5.74, 6) is 0. The molecule has 0 saturated carbocycles. The summed E-state index contributed by atoms with van der Waals surface area (Å²) in [7, 11) is 1.79. The number of halogens is 1. The van der Waals surface area contributed by atoms with Gasteiger partial charge in [0.1, 0.15) is 10.1 Å². The second kappa shape index (κ2) is 7.27. The summed E-state index contributed by atoms with van der Waals surface area (Å²) in [5.41, 5.74) is 4.99. The molecule has 4 heterocycles. The Balaban J connectivity index is 1.38. The van der Waals surface area contributed by atoms with Crippen LogP contribution in [0.25, 0.3) is 21.9 Å². The van der Waals surface area contributed by atoms with Gasteiger partial charge in [-0.2, -0.15) is 5.10 Å². The third-order valence-electron chi connectivity index (χ3n) is 5.70. The topological polar surface area (TPSA) is 70.1 Å². The molecular formula is C21H21BrN6O. The minimum absolute atomic E-state index is 0.00928. The summed E-state index contributed by atoms with van der Waals surface area (Å²) in [6, 6.07) is 11.8. The van der Waals surface area contributed by atoms with Crippen LogP contribution in [0.15, 0.2) is 52.0 Å². The largest absolute Gasteiger partial charge is 0.367 e. The van der Waals surface area contributed by atoms with Crippen molar-refractivity contribution in [3.8, 4) is 0 Å². The molecule has 148 valence electrons. The molecule has 0 radical (unpaired) electrons. The van der Waals surface area contributed by atoms with Crippen molar-refractivity contribution >= 4 is 43.6 Å². The van der Waals surface area contributed by atoms with Crippen molar-refractivity contribution < 1.29 is 0 Å². The molecule has 1 aliphatic heterocycles. The summed E-state index contributed by atoms with van der Waals surface area (Å²) in [4.78, 5) is 21.8. The lowest BCUT2D eigenvalue weighted by Gasteiger charge is -2.36. The average molecular weight is 453 g/mol. The Morgan fingerprint density at radius 3 is 2.79 bits per heavy atom. The van der Waals surface area contributed by atoms with Crippen LogP contribution < -0.4 is 10.5 Å². The molecule has 5 rings (SSSR count). The molecule has 7 nitrogen and oxygen atoms in total.